The maximum atomic E-state index is 11.2. The molecule has 0 aromatic heterocycles. The van der Waals surface area contributed by atoms with E-state index in [0.717, 1.165) is 25.7 Å². The van der Waals surface area contributed by atoms with Crippen LogP contribution in [0.2, 0.25) is 0 Å². The first-order valence-corrected chi connectivity index (χ1v) is 4.32. The van der Waals surface area contributed by atoms with Crippen LogP contribution in [-0.4, -0.2) is 19.1 Å². The molecule has 4 nitrogen and oxygen atoms in total. The molecule has 3 N–H and O–H groups in total. The predicted molar refractivity (Wildman–Crippen MR) is 45.1 cm³/mol. The Morgan fingerprint density at radius 2 is 2.00 bits per heavy atom. The topological polar surface area (TPSA) is 64.3 Å². The molecular weight excluding hydrogens is 156 g/mol. The second-order valence-corrected chi connectivity index (χ2v) is 3.28. The van der Waals surface area contributed by atoms with Gasteiger partial charge in [-0.2, -0.15) is 0 Å². The third-order valence-corrected chi connectivity index (χ3v) is 2.35. The average molecular weight is 172 g/mol. The largest absolute Gasteiger partial charge is 0.328 e. The molecule has 0 aromatic carbocycles. The molecule has 1 rings (SSSR count). The van der Waals surface area contributed by atoms with Crippen LogP contribution in [0.5, 0.6) is 0 Å². The van der Waals surface area contributed by atoms with Crippen molar-refractivity contribution in [2.24, 2.45) is 11.7 Å². The van der Waals surface area contributed by atoms with Crippen molar-refractivity contribution in [3.05, 3.63) is 0 Å². The Hall–Kier alpha value is -0.610. The number of hydrogen-bond donors (Lipinski definition) is 2. The van der Waals surface area contributed by atoms with Gasteiger partial charge in [0.2, 0.25) is 5.91 Å². The summed E-state index contributed by atoms with van der Waals surface area (Å²) in [6.45, 7) is 0. The van der Waals surface area contributed by atoms with Crippen LogP contribution in [0.1, 0.15) is 25.7 Å². The van der Waals surface area contributed by atoms with Gasteiger partial charge in [0.1, 0.15) is 0 Å². The lowest BCUT2D eigenvalue weighted by Gasteiger charge is -2.24. The fourth-order valence-corrected chi connectivity index (χ4v) is 1.57. The molecule has 0 aliphatic heterocycles. The Labute approximate surface area is 72.4 Å². The zero-order valence-corrected chi connectivity index (χ0v) is 7.38. The quantitative estimate of drug-likeness (QED) is 0.584. The van der Waals surface area contributed by atoms with E-state index in [1.165, 1.54) is 7.11 Å². The van der Waals surface area contributed by atoms with Gasteiger partial charge in [-0.3, -0.25) is 9.63 Å². The Balaban J connectivity index is 2.29. The lowest BCUT2D eigenvalue weighted by Crippen LogP contribution is -2.35. The summed E-state index contributed by atoms with van der Waals surface area (Å²) < 4.78 is 0. The molecule has 1 amide bonds. The minimum absolute atomic E-state index is 0.00981. The van der Waals surface area contributed by atoms with Gasteiger partial charge < -0.3 is 5.73 Å². The third kappa shape index (κ3) is 2.46. The summed E-state index contributed by atoms with van der Waals surface area (Å²) in [5.74, 6) is 0.0918. The monoisotopic (exact) mass is 172 g/mol. The molecule has 1 fully saturated rings. The van der Waals surface area contributed by atoms with Crippen molar-refractivity contribution in [3.8, 4) is 0 Å². The van der Waals surface area contributed by atoms with Crippen molar-refractivity contribution in [2.75, 3.05) is 7.11 Å². The van der Waals surface area contributed by atoms with Gasteiger partial charge in [0, 0.05) is 12.0 Å². The molecule has 0 bridgehead atoms. The molecule has 1 aliphatic rings. The van der Waals surface area contributed by atoms with Crippen LogP contribution in [0.3, 0.4) is 0 Å². The van der Waals surface area contributed by atoms with Crippen molar-refractivity contribution in [2.45, 2.75) is 31.7 Å². The van der Waals surface area contributed by atoms with Gasteiger partial charge in [0.15, 0.2) is 0 Å². The summed E-state index contributed by atoms with van der Waals surface area (Å²) in [4.78, 5) is 15.8. The highest BCUT2D eigenvalue weighted by atomic mass is 16.6. The Kier molecular flexibility index (Phi) is 3.49. The molecule has 0 spiro atoms. The molecule has 0 atom stereocenters. The third-order valence-electron chi connectivity index (χ3n) is 2.35. The van der Waals surface area contributed by atoms with Gasteiger partial charge in [-0.05, 0) is 25.7 Å². The van der Waals surface area contributed by atoms with Crippen molar-refractivity contribution in [1.29, 1.82) is 0 Å². The molecule has 4 heteroatoms. The minimum atomic E-state index is -0.00981. The second kappa shape index (κ2) is 4.42. The zero-order valence-electron chi connectivity index (χ0n) is 7.38. The highest BCUT2D eigenvalue weighted by Crippen LogP contribution is 2.22. The van der Waals surface area contributed by atoms with Crippen molar-refractivity contribution >= 4 is 5.91 Å². The number of nitrogens with two attached hydrogens (primary N) is 1. The van der Waals surface area contributed by atoms with Crippen LogP contribution in [0.15, 0.2) is 0 Å². The Morgan fingerprint density at radius 3 is 2.50 bits per heavy atom. The highest BCUT2D eigenvalue weighted by Gasteiger charge is 2.24. The number of carbonyl (C=O) groups is 1. The summed E-state index contributed by atoms with van der Waals surface area (Å²) >= 11 is 0. The van der Waals surface area contributed by atoms with Crippen LogP contribution < -0.4 is 11.2 Å². The number of amides is 1. The van der Waals surface area contributed by atoms with Gasteiger partial charge in [0.05, 0.1) is 7.11 Å². The van der Waals surface area contributed by atoms with E-state index in [1.54, 1.807) is 0 Å². The number of carbonyl (C=O) groups excluding carboxylic acids is 1. The van der Waals surface area contributed by atoms with E-state index in [2.05, 4.69) is 10.3 Å². The standard InChI is InChI=1S/C8H16N2O2/c1-12-10-8(11)6-2-4-7(9)5-3-6/h6-7H,2-5,9H2,1H3,(H,10,11). The van der Waals surface area contributed by atoms with Crippen molar-refractivity contribution < 1.29 is 9.63 Å². The van der Waals surface area contributed by atoms with Crippen LogP contribution in [0.25, 0.3) is 0 Å². The number of hydrogen-bond acceptors (Lipinski definition) is 3. The SMILES string of the molecule is CONC(=O)C1CCC(N)CC1. The molecule has 1 saturated carbocycles. The summed E-state index contributed by atoms with van der Waals surface area (Å²) in [6.07, 6.45) is 3.66. The Morgan fingerprint density at radius 1 is 1.42 bits per heavy atom. The lowest BCUT2D eigenvalue weighted by atomic mass is 9.86. The normalized spacial score (nSPS) is 29.8. The molecule has 0 heterocycles. The van der Waals surface area contributed by atoms with E-state index in [0.29, 0.717) is 0 Å². The van der Waals surface area contributed by atoms with E-state index in [4.69, 9.17) is 5.73 Å². The first kappa shape index (κ1) is 9.48. The summed E-state index contributed by atoms with van der Waals surface area (Å²) in [7, 11) is 1.45. The van der Waals surface area contributed by atoms with Crippen molar-refractivity contribution in [3.63, 3.8) is 0 Å². The zero-order chi connectivity index (χ0) is 8.97. The predicted octanol–water partition coefficient (Wildman–Crippen LogP) is 0.181. The van der Waals surface area contributed by atoms with Gasteiger partial charge in [-0.1, -0.05) is 0 Å². The van der Waals surface area contributed by atoms with Crippen molar-refractivity contribution in [1.82, 2.24) is 5.48 Å². The fourth-order valence-electron chi connectivity index (χ4n) is 1.57. The van der Waals surface area contributed by atoms with Crippen LogP contribution in [-0.2, 0) is 9.63 Å². The van der Waals surface area contributed by atoms with Gasteiger partial charge in [0.25, 0.3) is 0 Å². The van der Waals surface area contributed by atoms with Crippen LogP contribution in [0.4, 0.5) is 0 Å². The summed E-state index contributed by atoms with van der Waals surface area (Å²) in [5, 5.41) is 0. The molecule has 1 aliphatic carbocycles. The number of hydroxylamine groups is 1. The van der Waals surface area contributed by atoms with Gasteiger partial charge in [-0.25, -0.2) is 5.48 Å². The van der Waals surface area contributed by atoms with Gasteiger partial charge in [-0.15, -0.1) is 0 Å². The number of nitrogens with one attached hydrogen (secondary N) is 1. The van der Waals surface area contributed by atoms with E-state index < -0.39 is 0 Å². The second-order valence-electron chi connectivity index (χ2n) is 3.28. The molecular formula is C8H16N2O2. The van der Waals surface area contributed by atoms with E-state index in [9.17, 15) is 4.79 Å². The number of rotatable bonds is 2. The highest BCUT2D eigenvalue weighted by molar-refractivity contribution is 5.77. The van der Waals surface area contributed by atoms with Gasteiger partial charge >= 0.3 is 0 Å². The minimum Gasteiger partial charge on any atom is -0.328 e. The molecule has 12 heavy (non-hydrogen) atoms. The molecule has 0 saturated heterocycles. The fraction of sp³-hybridized carbons (Fsp3) is 0.875. The molecule has 70 valence electrons. The summed E-state index contributed by atoms with van der Waals surface area (Å²) in [5.41, 5.74) is 8.06. The molecule has 0 aromatic rings. The first-order chi connectivity index (χ1) is 5.74. The Bertz CT molecular complexity index is 153. The first-order valence-electron chi connectivity index (χ1n) is 4.32. The van der Waals surface area contributed by atoms with E-state index >= 15 is 0 Å². The van der Waals surface area contributed by atoms with Crippen LogP contribution in [0, 0.1) is 5.92 Å². The summed E-state index contributed by atoms with van der Waals surface area (Å²) in [6, 6.07) is 0.289. The van der Waals surface area contributed by atoms with E-state index in [1.807, 2.05) is 0 Å². The molecule has 0 unspecified atom stereocenters. The smallest absolute Gasteiger partial charge is 0.246 e. The maximum Gasteiger partial charge on any atom is 0.246 e. The van der Waals surface area contributed by atoms with Crippen LogP contribution >= 0.6 is 0 Å². The molecule has 0 radical (unpaired) electrons. The lowest BCUT2D eigenvalue weighted by molar-refractivity contribution is -0.136. The maximum absolute atomic E-state index is 11.2. The van der Waals surface area contributed by atoms with E-state index in [-0.39, 0.29) is 17.9 Å². The average Bonchev–Trinajstić information content (AvgIpc) is 2.06.